The summed E-state index contributed by atoms with van der Waals surface area (Å²) in [6, 6.07) is 12.5. The summed E-state index contributed by atoms with van der Waals surface area (Å²) in [5.74, 6) is -0.380. The largest absolute Gasteiger partial charge is 0.381 e. The van der Waals surface area contributed by atoms with Gasteiger partial charge in [0.15, 0.2) is 5.82 Å². The zero-order valence-corrected chi connectivity index (χ0v) is 24.8. The molecule has 1 aliphatic carbocycles. The summed E-state index contributed by atoms with van der Waals surface area (Å²) in [4.78, 5) is 18.4. The van der Waals surface area contributed by atoms with Crippen molar-refractivity contribution >= 4 is 34.0 Å². The van der Waals surface area contributed by atoms with Crippen molar-refractivity contribution in [1.29, 1.82) is 0 Å². The number of halogens is 2. The third kappa shape index (κ3) is 6.91. The minimum Gasteiger partial charge on any atom is -0.381 e. The Morgan fingerprint density at radius 1 is 1.12 bits per heavy atom. The first-order valence-corrected chi connectivity index (χ1v) is 15.2. The number of anilines is 3. The Bertz CT molecular complexity index is 1520. The number of hydrogen-bond donors (Lipinski definition) is 3. The third-order valence-corrected chi connectivity index (χ3v) is 8.82. The number of nitrogens with zero attached hydrogens (tertiary/aromatic N) is 3. The fourth-order valence-corrected chi connectivity index (χ4v) is 6.36. The molecule has 0 spiro atoms. The summed E-state index contributed by atoms with van der Waals surface area (Å²) in [5.41, 5.74) is 4.81. The second kappa shape index (κ2) is 12.9. The van der Waals surface area contributed by atoms with Crippen LogP contribution in [0.5, 0.6) is 0 Å². The average Bonchev–Trinajstić information content (AvgIpc) is 3.38. The highest BCUT2D eigenvalue weighted by atomic mass is 19.1. The van der Waals surface area contributed by atoms with Gasteiger partial charge >= 0.3 is 0 Å². The second-order valence-corrected chi connectivity index (χ2v) is 12.1. The number of ether oxygens (including phenoxy) is 1. The molecule has 6 rings (SSSR count). The molecule has 3 aromatic rings. The molecule has 3 N–H and O–H groups in total. The lowest BCUT2D eigenvalue weighted by molar-refractivity contribution is 0.0904. The Morgan fingerprint density at radius 3 is 2.65 bits per heavy atom. The average molecular weight is 591 g/mol. The number of aromatic nitrogens is 2. The van der Waals surface area contributed by atoms with Crippen LogP contribution in [0.15, 0.2) is 60.0 Å². The van der Waals surface area contributed by atoms with Gasteiger partial charge in [-0.15, -0.1) is 0 Å². The molecular formula is C33H40F2N6O2. The van der Waals surface area contributed by atoms with Crippen LogP contribution >= 0.6 is 0 Å². The summed E-state index contributed by atoms with van der Waals surface area (Å²) in [5, 5.41) is 14.8. The fraction of sp³-hybridized carbons (Fsp3) is 0.455. The topological polar surface area (TPSA) is 85.5 Å². The maximum absolute atomic E-state index is 13.9. The molecule has 2 aromatic carbocycles. The first-order chi connectivity index (χ1) is 20.8. The number of carbonyl (C=O) groups excluding carboxylic acids is 1. The van der Waals surface area contributed by atoms with Crippen LogP contribution in [-0.4, -0.2) is 79.7 Å². The lowest BCUT2D eigenvalue weighted by Crippen LogP contribution is -2.42. The Balaban J connectivity index is 1.23. The van der Waals surface area contributed by atoms with Crippen molar-refractivity contribution in [3.8, 4) is 0 Å². The van der Waals surface area contributed by atoms with Gasteiger partial charge in [0.05, 0.1) is 11.1 Å². The number of fused-ring (bicyclic) bond motifs is 1. The Hall–Kier alpha value is -3.76. The van der Waals surface area contributed by atoms with Crippen LogP contribution in [0.2, 0.25) is 0 Å². The van der Waals surface area contributed by atoms with Crippen LogP contribution in [0.25, 0.3) is 10.9 Å². The normalized spacial score (nSPS) is 20.3. The summed E-state index contributed by atoms with van der Waals surface area (Å²) in [6.45, 7) is 3.34. The van der Waals surface area contributed by atoms with E-state index in [-0.39, 0.29) is 18.4 Å². The van der Waals surface area contributed by atoms with Crippen molar-refractivity contribution in [3.63, 3.8) is 0 Å². The van der Waals surface area contributed by atoms with Crippen molar-refractivity contribution in [2.75, 3.05) is 55.9 Å². The third-order valence-electron chi connectivity index (χ3n) is 8.82. The van der Waals surface area contributed by atoms with Gasteiger partial charge in [-0.3, -0.25) is 9.89 Å². The first kappa shape index (κ1) is 29.3. The van der Waals surface area contributed by atoms with Crippen LogP contribution in [0, 0.1) is 0 Å². The number of alkyl halides is 1. The maximum atomic E-state index is 13.9. The molecule has 8 nitrogen and oxygen atoms in total. The van der Waals surface area contributed by atoms with Crippen LogP contribution in [0.3, 0.4) is 0 Å². The zero-order chi connectivity index (χ0) is 29.9. The van der Waals surface area contributed by atoms with Gasteiger partial charge in [0.2, 0.25) is 0 Å². The Morgan fingerprint density at radius 2 is 1.91 bits per heavy atom. The summed E-state index contributed by atoms with van der Waals surface area (Å²) in [7, 11) is 4.28. The van der Waals surface area contributed by atoms with Gasteiger partial charge in [0.25, 0.3) is 5.91 Å². The summed E-state index contributed by atoms with van der Waals surface area (Å²) in [6.07, 6.45) is 5.65. The van der Waals surface area contributed by atoms with Gasteiger partial charge in [-0.2, -0.15) is 5.10 Å². The molecule has 0 saturated carbocycles. The van der Waals surface area contributed by atoms with Crippen molar-refractivity contribution in [2.24, 2.45) is 0 Å². The molecule has 228 valence electrons. The van der Waals surface area contributed by atoms with Gasteiger partial charge in [0, 0.05) is 61.6 Å². The highest BCUT2D eigenvalue weighted by Crippen LogP contribution is 2.31. The number of benzene rings is 2. The van der Waals surface area contributed by atoms with E-state index in [1.165, 1.54) is 6.08 Å². The molecule has 3 heterocycles. The molecular weight excluding hydrogens is 550 g/mol. The molecule has 43 heavy (non-hydrogen) atoms. The lowest BCUT2D eigenvalue weighted by atomic mass is 9.95. The molecule has 1 unspecified atom stereocenters. The molecule has 0 radical (unpaired) electrons. The standard InChI is InChI=1S/C33H40F2N6O2/c1-40(2)26-7-11-41(12-8-26)27-4-5-28(31(20-27)36-25-9-13-43-14-10-25)33(42)37-32-29-18-21(3-6-30(29)38-39-32)15-22-16-23(34)19-24(35)17-22/h3-6,16,18-20,24-26,36H,7-15,17H2,1-2H3,(H2,37,38,39,42). The van der Waals surface area contributed by atoms with Gasteiger partial charge in [-0.25, -0.2) is 8.78 Å². The molecule has 2 saturated heterocycles. The minimum absolute atomic E-state index is 0.174. The number of rotatable bonds is 8. The molecule has 1 amide bonds. The van der Waals surface area contributed by atoms with Crippen LogP contribution in [0.1, 0.15) is 48.0 Å². The molecule has 1 aromatic heterocycles. The molecule has 2 aliphatic heterocycles. The summed E-state index contributed by atoms with van der Waals surface area (Å²) >= 11 is 0. The number of piperidine rings is 1. The van der Waals surface area contributed by atoms with E-state index in [1.807, 2.05) is 30.3 Å². The van der Waals surface area contributed by atoms with E-state index < -0.39 is 12.0 Å². The number of nitrogens with one attached hydrogen (secondary N) is 3. The van der Waals surface area contributed by atoms with E-state index in [0.29, 0.717) is 42.6 Å². The van der Waals surface area contributed by atoms with Gasteiger partial charge in [0.1, 0.15) is 12.0 Å². The van der Waals surface area contributed by atoms with Crippen molar-refractivity contribution in [3.05, 3.63) is 71.1 Å². The van der Waals surface area contributed by atoms with Gasteiger partial charge < -0.3 is 25.2 Å². The quantitative estimate of drug-likeness (QED) is 0.299. The predicted molar refractivity (Wildman–Crippen MR) is 167 cm³/mol. The Labute approximate surface area is 251 Å². The van der Waals surface area contributed by atoms with Crippen LogP contribution in [0.4, 0.5) is 26.0 Å². The molecule has 3 aliphatic rings. The number of amides is 1. The molecule has 1 atom stereocenters. The monoisotopic (exact) mass is 590 g/mol. The highest BCUT2D eigenvalue weighted by molar-refractivity contribution is 6.11. The zero-order valence-electron chi connectivity index (χ0n) is 24.8. The molecule has 10 heteroatoms. The number of hydrogen-bond acceptors (Lipinski definition) is 6. The summed E-state index contributed by atoms with van der Waals surface area (Å²) < 4.78 is 33.2. The van der Waals surface area contributed by atoms with E-state index in [2.05, 4.69) is 50.8 Å². The lowest BCUT2D eigenvalue weighted by Gasteiger charge is -2.37. The van der Waals surface area contributed by atoms with Crippen LogP contribution in [-0.2, 0) is 11.2 Å². The second-order valence-electron chi connectivity index (χ2n) is 12.1. The molecule has 2 fully saturated rings. The highest BCUT2D eigenvalue weighted by Gasteiger charge is 2.24. The Kier molecular flexibility index (Phi) is 8.76. The van der Waals surface area contributed by atoms with Crippen molar-refractivity contribution in [2.45, 2.75) is 56.8 Å². The number of carbonyl (C=O) groups is 1. The smallest absolute Gasteiger partial charge is 0.258 e. The predicted octanol–water partition coefficient (Wildman–Crippen LogP) is 6.00. The van der Waals surface area contributed by atoms with Gasteiger partial charge in [-0.1, -0.05) is 11.6 Å². The number of allylic oxidation sites excluding steroid dienone is 4. The van der Waals surface area contributed by atoms with Gasteiger partial charge in [-0.05, 0) is 94.2 Å². The number of H-pyrrole nitrogens is 1. The van der Waals surface area contributed by atoms with E-state index in [9.17, 15) is 13.6 Å². The minimum atomic E-state index is -1.31. The number of aromatic amines is 1. The van der Waals surface area contributed by atoms with Crippen molar-refractivity contribution < 1.29 is 18.3 Å². The van der Waals surface area contributed by atoms with E-state index in [0.717, 1.165) is 72.7 Å². The van der Waals surface area contributed by atoms with Crippen LogP contribution < -0.4 is 15.5 Å². The SMILES string of the molecule is CN(C)C1CCN(c2ccc(C(=O)Nc3n[nH]c4ccc(CC5=CC(F)=CC(F)C5)cc34)c(NC3CCOCC3)c2)CC1. The fourth-order valence-electron chi connectivity index (χ4n) is 6.36. The van der Waals surface area contributed by atoms with E-state index in [1.54, 1.807) is 0 Å². The maximum Gasteiger partial charge on any atom is 0.258 e. The van der Waals surface area contributed by atoms with E-state index in [4.69, 9.17) is 4.74 Å². The first-order valence-electron chi connectivity index (χ1n) is 15.2. The van der Waals surface area contributed by atoms with Crippen molar-refractivity contribution in [1.82, 2.24) is 15.1 Å². The molecule has 0 bridgehead atoms. The van der Waals surface area contributed by atoms with E-state index >= 15 is 0 Å².